The predicted octanol–water partition coefficient (Wildman–Crippen LogP) is 3.93. The summed E-state index contributed by atoms with van der Waals surface area (Å²) in [6.45, 7) is 0.382. The number of hydrogen-bond acceptors (Lipinski definition) is 3. The number of hydrogen-bond donors (Lipinski definition) is 1. The highest BCUT2D eigenvalue weighted by atomic mass is 79.9. The second kappa shape index (κ2) is 8.06. The first-order valence-electron chi connectivity index (χ1n) is 9.64. The highest BCUT2D eigenvalue weighted by Crippen LogP contribution is 2.40. The first-order valence-corrected chi connectivity index (χ1v) is 10.4. The van der Waals surface area contributed by atoms with Crippen molar-refractivity contribution in [2.24, 2.45) is 0 Å². The Morgan fingerprint density at radius 1 is 1.17 bits per heavy atom. The fraction of sp³-hybridized carbons (Fsp3) is 0.318. The number of aromatic nitrogens is 2. The van der Waals surface area contributed by atoms with Gasteiger partial charge < -0.3 is 5.32 Å². The van der Waals surface area contributed by atoms with Gasteiger partial charge in [-0.25, -0.2) is 9.37 Å². The molecule has 1 saturated carbocycles. The first-order chi connectivity index (χ1) is 14.0. The fourth-order valence-corrected chi connectivity index (χ4v) is 4.51. The quantitative estimate of drug-likeness (QED) is 0.631. The van der Waals surface area contributed by atoms with Crippen LogP contribution in [0.2, 0.25) is 0 Å². The van der Waals surface area contributed by atoms with E-state index < -0.39 is 0 Å². The Balaban J connectivity index is 1.49. The lowest BCUT2D eigenvalue weighted by Gasteiger charge is -2.30. The van der Waals surface area contributed by atoms with Gasteiger partial charge in [0.25, 0.3) is 5.56 Å². The lowest BCUT2D eigenvalue weighted by atomic mass is 9.79. The third-order valence-electron chi connectivity index (χ3n) is 5.74. The van der Waals surface area contributed by atoms with Crippen molar-refractivity contribution in [1.29, 1.82) is 0 Å². The molecule has 0 bridgehead atoms. The Labute approximate surface area is 176 Å². The normalized spacial score (nSPS) is 15.5. The average Bonchev–Trinajstić information content (AvgIpc) is 3.20. The van der Waals surface area contributed by atoms with Crippen LogP contribution in [-0.2, 0) is 16.8 Å². The molecule has 2 aromatic carbocycles. The number of nitrogens with zero attached hydrogens (tertiary/aromatic N) is 2. The molecule has 0 spiro atoms. The zero-order valence-corrected chi connectivity index (χ0v) is 17.4. The molecule has 0 radical (unpaired) electrons. The molecule has 1 heterocycles. The van der Waals surface area contributed by atoms with E-state index in [0.717, 1.165) is 35.7 Å². The van der Waals surface area contributed by atoms with E-state index in [4.69, 9.17) is 0 Å². The van der Waals surface area contributed by atoms with Crippen LogP contribution in [0.15, 0.2) is 58.1 Å². The Morgan fingerprint density at radius 3 is 2.62 bits per heavy atom. The van der Waals surface area contributed by atoms with Crippen LogP contribution in [0.1, 0.15) is 31.2 Å². The van der Waals surface area contributed by atoms with Crippen LogP contribution in [-0.4, -0.2) is 22.0 Å². The Morgan fingerprint density at radius 2 is 1.90 bits per heavy atom. The Bertz CT molecular complexity index is 1110. The number of nitrogens with one attached hydrogen (secondary N) is 1. The molecule has 1 N–H and O–H groups in total. The number of carbonyl (C=O) groups excluding carboxylic acids is 1. The van der Waals surface area contributed by atoms with Gasteiger partial charge in [-0.3, -0.25) is 14.2 Å². The minimum Gasteiger partial charge on any atom is -0.354 e. The van der Waals surface area contributed by atoms with Gasteiger partial charge in [-0.15, -0.1) is 0 Å². The minimum absolute atomic E-state index is 0.0895. The summed E-state index contributed by atoms with van der Waals surface area (Å²) in [4.78, 5) is 29.5. The van der Waals surface area contributed by atoms with Gasteiger partial charge in [-0.2, -0.15) is 0 Å². The van der Waals surface area contributed by atoms with E-state index in [-0.39, 0.29) is 29.2 Å². The van der Waals surface area contributed by atoms with Crippen LogP contribution < -0.4 is 10.9 Å². The number of halogens is 2. The molecule has 5 nitrogen and oxygen atoms in total. The summed E-state index contributed by atoms with van der Waals surface area (Å²) in [7, 11) is 0. The summed E-state index contributed by atoms with van der Waals surface area (Å²) >= 11 is 3.36. The van der Waals surface area contributed by atoms with Gasteiger partial charge in [0.2, 0.25) is 5.91 Å². The van der Waals surface area contributed by atoms with Crippen LogP contribution in [0.3, 0.4) is 0 Å². The topological polar surface area (TPSA) is 64.0 Å². The van der Waals surface area contributed by atoms with E-state index in [2.05, 4.69) is 26.2 Å². The molecule has 1 aromatic heterocycles. The van der Waals surface area contributed by atoms with Gasteiger partial charge in [-0.1, -0.05) is 40.9 Å². The van der Waals surface area contributed by atoms with E-state index >= 15 is 0 Å². The Hall–Kier alpha value is -2.54. The molecular formula is C22H21BrFN3O2. The van der Waals surface area contributed by atoms with Crippen molar-refractivity contribution in [2.75, 3.05) is 6.54 Å². The second-order valence-electron chi connectivity index (χ2n) is 7.61. The lowest BCUT2D eigenvalue weighted by Crippen LogP contribution is -2.41. The Kier molecular flexibility index (Phi) is 5.50. The van der Waals surface area contributed by atoms with Gasteiger partial charge in [0.05, 0.1) is 17.2 Å². The van der Waals surface area contributed by atoms with E-state index in [1.54, 1.807) is 12.1 Å². The number of rotatable bonds is 5. The summed E-state index contributed by atoms with van der Waals surface area (Å²) < 4.78 is 15.4. The highest BCUT2D eigenvalue weighted by molar-refractivity contribution is 9.10. The molecule has 150 valence electrons. The molecule has 0 atom stereocenters. The summed E-state index contributed by atoms with van der Waals surface area (Å²) in [5.74, 6) is -0.502. The zero-order valence-electron chi connectivity index (χ0n) is 15.8. The molecule has 3 aromatic rings. The van der Waals surface area contributed by atoms with E-state index in [9.17, 15) is 14.0 Å². The average molecular weight is 458 g/mol. The summed E-state index contributed by atoms with van der Waals surface area (Å²) in [6.07, 6.45) is 5.46. The summed E-state index contributed by atoms with van der Waals surface area (Å²) in [6, 6.07) is 11.8. The van der Waals surface area contributed by atoms with Crippen molar-refractivity contribution < 1.29 is 9.18 Å². The van der Waals surface area contributed by atoms with Crippen LogP contribution in [0, 0.1) is 5.82 Å². The lowest BCUT2D eigenvalue weighted by molar-refractivity contribution is -0.122. The highest BCUT2D eigenvalue weighted by Gasteiger charge is 2.35. The molecule has 1 aliphatic rings. The van der Waals surface area contributed by atoms with E-state index in [1.165, 1.54) is 23.0 Å². The maximum absolute atomic E-state index is 13.3. The minimum atomic E-state index is -0.263. The second-order valence-corrected chi connectivity index (χ2v) is 8.53. The fourth-order valence-electron chi connectivity index (χ4n) is 4.14. The largest absolute Gasteiger partial charge is 0.354 e. The van der Waals surface area contributed by atoms with Crippen LogP contribution in [0.25, 0.3) is 10.9 Å². The molecule has 29 heavy (non-hydrogen) atoms. The number of benzene rings is 2. The third-order valence-corrected chi connectivity index (χ3v) is 6.23. The number of fused-ring (bicyclic) bond motifs is 1. The van der Waals surface area contributed by atoms with Crippen LogP contribution in [0.5, 0.6) is 0 Å². The molecule has 0 aliphatic heterocycles. The maximum Gasteiger partial charge on any atom is 0.261 e. The molecule has 7 heteroatoms. The third kappa shape index (κ3) is 4.10. The zero-order chi connectivity index (χ0) is 20.4. The van der Waals surface area contributed by atoms with Gasteiger partial charge >= 0.3 is 0 Å². The van der Waals surface area contributed by atoms with Crippen LogP contribution >= 0.6 is 15.9 Å². The van der Waals surface area contributed by atoms with Gasteiger partial charge in [0, 0.05) is 16.4 Å². The molecule has 1 aliphatic carbocycles. The van der Waals surface area contributed by atoms with E-state index in [0.29, 0.717) is 17.4 Å². The first kappa shape index (κ1) is 19.8. The van der Waals surface area contributed by atoms with Crippen molar-refractivity contribution in [3.63, 3.8) is 0 Å². The van der Waals surface area contributed by atoms with Crippen molar-refractivity contribution >= 4 is 32.7 Å². The van der Waals surface area contributed by atoms with Crippen molar-refractivity contribution in [3.8, 4) is 0 Å². The number of amides is 1. The predicted molar refractivity (Wildman–Crippen MR) is 113 cm³/mol. The van der Waals surface area contributed by atoms with Gasteiger partial charge in [-0.05, 0) is 48.7 Å². The standard InChI is InChI=1S/C22H21BrFN3O2/c23-16-5-8-19-18(11-16)21(29)27(14-26-19)12-20(28)25-13-22(9-1-2-10-22)15-3-6-17(24)7-4-15/h3-8,11,14H,1-2,9-10,12-13H2,(H,25,28). The monoisotopic (exact) mass is 457 g/mol. The number of carbonyl (C=O) groups is 1. The van der Waals surface area contributed by atoms with Crippen molar-refractivity contribution in [3.05, 3.63) is 75.0 Å². The molecular weight excluding hydrogens is 437 g/mol. The van der Waals surface area contributed by atoms with Gasteiger partial charge in [0.1, 0.15) is 12.4 Å². The molecule has 0 saturated heterocycles. The SMILES string of the molecule is O=C(Cn1cnc2ccc(Br)cc2c1=O)NCC1(c2ccc(F)cc2)CCCC1. The molecule has 1 fully saturated rings. The smallest absolute Gasteiger partial charge is 0.261 e. The van der Waals surface area contributed by atoms with Crippen molar-refractivity contribution in [2.45, 2.75) is 37.6 Å². The van der Waals surface area contributed by atoms with Crippen molar-refractivity contribution in [1.82, 2.24) is 14.9 Å². The molecule has 1 amide bonds. The van der Waals surface area contributed by atoms with Gasteiger partial charge in [0.15, 0.2) is 0 Å². The maximum atomic E-state index is 13.3. The summed E-state index contributed by atoms with van der Waals surface area (Å²) in [5, 5.41) is 3.45. The summed E-state index contributed by atoms with van der Waals surface area (Å²) in [5.41, 5.74) is 1.21. The van der Waals surface area contributed by atoms with Crippen LogP contribution in [0.4, 0.5) is 4.39 Å². The molecule has 4 rings (SSSR count). The van der Waals surface area contributed by atoms with E-state index in [1.807, 2.05) is 18.2 Å². The molecule has 0 unspecified atom stereocenters.